The number of fused-ring (bicyclic) bond motifs is 2. The molecule has 2 saturated carbocycles. The van der Waals surface area contributed by atoms with E-state index in [9.17, 15) is 9.18 Å². The Hall–Kier alpha value is -1.94. The van der Waals surface area contributed by atoms with Gasteiger partial charge < -0.3 is 4.74 Å². The fraction of sp³-hybridized carbons (Fsp3) is 0.577. The lowest BCUT2D eigenvalue weighted by atomic mass is 9.55. The van der Waals surface area contributed by atoms with Crippen molar-refractivity contribution in [1.29, 1.82) is 0 Å². The van der Waals surface area contributed by atoms with Crippen LogP contribution in [0, 0.1) is 29.0 Å². The van der Waals surface area contributed by atoms with E-state index in [0.29, 0.717) is 11.8 Å². The summed E-state index contributed by atoms with van der Waals surface area (Å²) in [7, 11) is 0. The van der Waals surface area contributed by atoms with Crippen molar-refractivity contribution < 1.29 is 13.9 Å². The van der Waals surface area contributed by atoms with E-state index in [0.717, 1.165) is 50.9 Å². The molecule has 3 fully saturated rings. The minimum atomic E-state index is -0.199. The van der Waals surface area contributed by atoms with Gasteiger partial charge in [0, 0.05) is 25.6 Å². The molecule has 2 aliphatic carbocycles. The van der Waals surface area contributed by atoms with E-state index in [2.05, 4.69) is 24.5 Å². The quantitative estimate of drug-likeness (QED) is 0.506. The van der Waals surface area contributed by atoms with E-state index >= 15 is 0 Å². The number of nitrogens with zero attached hydrogens (tertiary/aromatic N) is 1. The number of hydrogen-bond acceptors (Lipinski definition) is 3. The Morgan fingerprint density at radius 1 is 1.27 bits per heavy atom. The number of carbonyl (C=O) groups excluding carboxylic acids is 1. The van der Waals surface area contributed by atoms with Crippen LogP contribution in [0.4, 0.5) is 4.39 Å². The SMILES string of the molecule is C=C1CCC[C@]2(C)C[C@H]3OC(=O)[C@H](CN4CC=C(c5ccc(F)cc5)CC4)[C@@H]3C[C@@H]12. The van der Waals surface area contributed by atoms with Crippen LogP contribution in [0.3, 0.4) is 0 Å². The first-order valence-corrected chi connectivity index (χ1v) is 11.5. The molecule has 1 saturated heterocycles. The third-order valence-electron chi connectivity index (χ3n) is 8.28. The van der Waals surface area contributed by atoms with E-state index < -0.39 is 0 Å². The van der Waals surface area contributed by atoms with Crippen molar-refractivity contribution >= 4 is 11.5 Å². The average molecular weight is 410 g/mol. The summed E-state index contributed by atoms with van der Waals surface area (Å²) < 4.78 is 19.1. The molecule has 0 spiro atoms. The Morgan fingerprint density at radius 2 is 2.07 bits per heavy atom. The number of allylic oxidation sites excluding steroid dienone is 1. The number of halogens is 1. The summed E-state index contributed by atoms with van der Waals surface area (Å²) in [5.74, 6) is 0.653. The number of esters is 1. The topological polar surface area (TPSA) is 29.5 Å². The van der Waals surface area contributed by atoms with Gasteiger partial charge in [0.05, 0.1) is 5.92 Å². The Morgan fingerprint density at radius 3 is 2.80 bits per heavy atom. The van der Waals surface area contributed by atoms with Crippen LogP contribution in [0.25, 0.3) is 5.57 Å². The van der Waals surface area contributed by atoms with E-state index in [-0.39, 0.29) is 29.2 Å². The van der Waals surface area contributed by atoms with E-state index in [1.165, 1.54) is 36.1 Å². The van der Waals surface area contributed by atoms with Crippen LogP contribution in [0.1, 0.15) is 51.0 Å². The molecule has 30 heavy (non-hydrogen) atoms. The van der Waals surface area contributed by atoms with Crippen molar-refractivity contribution in [3.8, 4) is 0 Å². The average Bonchev–Trinajstić information content (AvgIpc) is 3.01. The van der Waals surface area contributed by atoms with Gasteiger partial charge in [-0.2, -0.15) is 0 Å². The van der Waals surface area contributed by atoms with Gasteiger partial charge in [-0.05, 0) is 73.1 Å². The third-order valence-corrected chi connectivity index (χ3v) is 8.28. The molecule has 0 bridgehead atoms. The Bertz CT molecular complexity index is 876. The molecule has 2 heterocycles. The van der Waals surface area contributed by atoms with Crippen LogP contribution < -0.4 is 0 Å². The maximum absolute atomic E-state index is 13.2. The molecule has 3 nitrogen and oxygen atoms in total. The molecule has 5 rings (SSSR count). The molecule has 4 heteroatoms. The van der Waals surface area contributed by atoms with Crippen molar-refractivity contribution in [2.75, 3.05) is 19.6 Å². The highest BCUT2D eigenvalue weighted by molar-refractivity contribution is 5.76. The van der Waals surface area contributed by atoms with E-state index in [1.54, 1.807) is 0 Å². The van der Waals surface area contributed by atoms with Crippen molar-refractivity contribution in [3.63, 3.8) is 0 Å². The molecule has 5 atom stereocenters. The van der Waals surface area contributed by atoms with Gasteiger partial charge in [0.2, 0.25) is 0 Å². The summed E-state index contributed by atoms with van der Waals surface area (Å²) in [4.78, 5) is 15.2. The van der Waals surface area contributed by atoms with Gasteiger partial charge >= 0.3 is 5.97 Å². The number of hydrogen-bond donors (Lipinski definition) is 0. The second-order valence-electron chi connectivity index (χ2n) is 10.1. The predicted octanol–water partition coefficient (Wildman–Crippen LogP) is 5.23. The highest BCUT2D eigenvalue weighted by atomic mass is 19.1. The molecular formula is C26H32FNO2. The molecule has 4 aliphatic rings. The third kappa shape index (κ3) is 3.53. The molecule has 0 aromatic heterocycles. The first kappa shape index (κ1) is 20.0. The second kappa shape index (κ2) is 7.64. The number of ether oxygens (including phenoxy) is 1. The highest BCUT2D eigenvalue weighted by Gasteiger charge is 2.55. The van der Waals surface area contributed by atoms with Crippen LogP contribution >= 0.6 is 0 Å². The summed E-state index contributed by atoms with van der Waals surface area (Å²) in [6.45, 7) is 9.32. The van der Waals surface area contributed by atoms with Crippen LogP contribution in [0.15, 0.2) is 42.5 Å². The summed E-state index contributed by atoms with van der Waals surface area (Å²) in [5.41, 5.74) is 4.01. The van der Waals surface area contributed by atoms with E-state index in [4.69, 9.17) is 4.74 Å². The molecule has 0 radical (unpaired) electrons. The van der Waals surface area contributed by atoms with Gasteiger partial charge in [-0.15, -0.1) is 0 Å². The Labute approximate surface area is 179 Å². The van der Waals surface area contributed by atoms with E-state index in [1.807, 2.05) is 12.1 Å². The van der Waals surface area contributed by atoms with Crippen LogP contribution in [0.2, 0.25) is 0 Å². The minimum Gasteiger partial charge on any atom is -0.462 e. The molecule has 160 valence electrons. The lowest BCUT2D eigenvalue weighted by Gasteiger charge is -2.50. The van der Waals surface area contributed by atoms with Crippen LogP contribution in [-0.4, -0.2) is 36.6 Å². The second-order valence-corrected chi connectivity index (χ2v) is 10.1. The zero-order valence-corrected chi connectivity index (χ0v) is 17.9. The fourth-order valence-corrected chi connectivity index (χ4v) is 6.55. The van der Waals surface area contributed by atoms with Gasteiger partial charge in [-0.25, -0.2) is 4.39 Å². The number of benzene rings is 1. The first-order valence-electron chi connectivity index (χ1n) is 11.5. The summed E-state index contributed by atoms with van der Waals surface area (Å²) in [5, 5.41) is 0. The molecule has 0 unspecified atom stereocenters. The monoisotopic (exact) mass is 409 g/mol. The largest absolute Gasteiger partial charge is 0.462 e. The van der Waals surface area contributed by atoms with Gasteiger partial charge in [-0.3, -0.25) is 9.69 Å². The summed E-state index contributed by atoms with van der Waals surface area (Å²) in [6.07, 6.45) is 8.89. The molecule has 2 aliphatic heterocycles. The van der Waals surface area contributed by atoms with Gasteiger partial charge in [0.25, 0.3) is 0 Å². The van der Waals surface area contributed by atoms with Gasteiger partial charge in [-0.1, -0.05) is 37.3 Å². The number of rotatable bonds is 3. The summed E-state index contributed by atoms with van der Waals surface area (Å²) >= 11 is 0. The Balaban J connectivity index is 1.26. The number of carbonyl (C=O) groups is 1. The fourth-order valence-electron chi connectivity index (χ4n) is 6.55. The van der Waals surface area contributed by atoms with Crippen molar-refractivity contribution in [1.82, 2.24) is 4.90 Å². The van der Waals surface area contributed by atoms with Crippen molar-refractivity contribution in [2.24, 2.45) is 23.2 Å². The molecule has 1 aromatic carbocycles. The minimum absolute atomic E-state index is 0.00571. The standard InChI is InChI=1S/C26H32FNO2/c1-17-4-3-11-26(2)15-24-21(14-23(17)26)22(25(29)30-24)16-28-12-9-19(10-13-28)18-5-7-20(27)8-6-18/h5-9,21-24H,1,3-4,10-16H2,2H3/t21-,22+,23-,24+,26+/m0/s1. The first-order chi connectivity index (χ1) is 14.4. The maximum atomic E-state index is 13.2. The molecule has 0 amide bonds. The highest BCUT2D eigenvalue weighted by Crippen LogP contribution is 2.57. The molecular weight excluding hydrogens is 377 g/mol. The smallest absolute Gasteiger partial charge is 0.310 e. The lowest BCUT2D eigenvalue weighted by molar-refractivity contribution is -0.146. The zero-order valence-electron chi connectivity index (χ0n) is 17.9. The molecule has 1 aromatic rings. The normalized spacial score (nSPS) is 36.7. The molecule has 0 N–H and O–H groups in total. The van der Waals surface area contributed by atoms with Gasteiger partial charge in [0.1, 0.15) is 11.9 Å². The van der Waals surface area contributed by atoms with Crippen LogP contribution in [-0.2, 0) is 9.53 Å². The lowest BCUT2D eigenvalue weighted by Crippen LogP contribution is -2.46. The van der Waals surface area contributed by atoms with Gasteiger partial charge in [0.15, 0.2) is 0 Å². The van der Waals surface area contributed by atoms with Crippen molar-refractivity contribution in [2.45, 2.75) is 51.6 Å². The van der Waals surface area contributed by atoms with Crippen LogP contribution in [0.5, 0.6) is 0 Å². The zero-order chi connectivity index (χ0) is 20.9. The maximum Gasteiger partial charge on any atom is 0.310 e. The van der Waals surface area contributed by atoms with Crippen molar-refractivity contribution in [3.05, 3.63) is 53.9 Å². The summed E-state index contributed by atoms with van der Waals surface area (Å²) in [6, 6.07) is 6.75. The Kier molecular flexibility index (Phi) is 5.09. The predicted molar refractivity (Wildman–Crippen MR) is 116 cm³/mol.